The highest BCUT2D eigenvalue weighted by Gasteiger charge is 2.30. The van der Waals surface area contributed by atoms with E-state index in [1.165, 1.54) is 0 Å². The van der Waals surface area contributed by atoms with Gasteiger partial charge in [0.2, 0.25) is 0 Å². The van der Waals surface area contributed by atoms with Gasteiger partial charge >= 0.3 is 0 Å². The second-order valence-electron chi connectivity index (χ2n) is 7.10. The van der Waals surface area contributed by atoms with E-state index >= 15 is 0 Å². The molecule has 1 aliphatic rings. The number of rotatable bonds is 4. The van der Waals surface area contributed by atoms with Crippen LogP contribution in [-0.2, 0) is 0 Å². The third-order valence-corrected chi connectivity index (χ3v) is 4.62. The van der Waals surface area contributed by atoms with Gasteiger partial charge in [-0.3, -0.25) is 9.78 Å². The van der Waals surface area contributed by atoms with Gasteiger partial charge < -0.3 is 11.1 Å². The number of carbonyl (C=O) groups is 1. The summed E-state index contributed by atoms with van der Waals surface area (Å²) in [4.78, 5) is 17.6. The SMILES string of the molecule is Cc1c(C2CC2)nc2ccc(Br)cc2c1C(=O)NCC(C)(C)N. The molecule has 1 saturated carbocycles. The minimum atomic E-state index is -0.438. The lowest BCUT2D eigenvalue weighted by molar-refractivity contribution is 0.0947. The van der Waals surface area contributed by atoms with Crippen LogP contribution in [0.25, 0.3) is 10.9 Å². The van der Waals surface area contributed by atoms with Crippen LogP contribution in [0.5, 0.6) is 0 Å². The van der Waals surface area contributed by atoms with Crippen molar-refractivity contribution in [2.24, 2.45) is 5.73 Å². The van der Waals surface area contributed by atoms with Gasteiger partial charge in [-0.15, -0.1) is 0 Å². The van der Waals surface area contributed by atoms with Gasteiger partial charge in [0.1, 0.15) is 0 Å². The minimum Gasteiger partial charge on any atom is -0.350 e. The Morgan fingerprint density at radius 3 is 2.74 bits per heavy atom. The fourth-order valence-electron chi connectivity index (χ4n) is 2.79. The van der Waals surface area contributed by atoms with E-state index in [9.17, 15) is 4.79 Å². The molecule has 0 radical (unpaired) electrons. The summed E-state index contributed by atoms with van der Waals surface area (Å²) in [6.07, 6.45) is 2.32. The van der Waals surface area contributed by atoms with Crippen molar-refractivity contribution < 1.29 is 4.79 Å². The average Bonchev–Trinajstić information content (AvgIpc) is 3.28. The standard InChI is InChI=1S/C18H22BrN3O/c1-10-15(17(23)21-9-18(2,3)20)13-8-12(19)6-7-14(13)22-16(10)11-4-5-11/h6-8,11H,4-5,9,20H2,1-3H3,(H,21,23). The normalized spacial score (nSPS) is 15.0. The highest BCUT2D eigenvalue weighted by Crippen LogP contribution is 2.42. The summed E-state index contributed by atoms with van der Waals surface area (Å²) in [6, 6.07) is 5.90. The van der Waals surface area contributed by atoms with E-state index in [4.69, 9.17) is 10.7 Å². The molecule has 1 amide bonds. The Balaban J connectivity index is 2.10. The summed E-state index contributed by atoms with van der Waals surface area (Å²) in [6.45, 7) is 6.24. The number of amides is 1. The maximum absolute atomic E-state index is 12.8. The highest BCUT2D eigenvalue weighted by molar-refractivity contribution is 9.10. The van der Waals surface area contributed by atoms with Gasteiger partial charge in [0.25, 0.3) is 5.91 Å². The van der Waals surface area contributed by atoms with Crippen molar-refractivity contribution in [1.29, 1.82) is 0 Å². The third kappa shape index (κ3) is 3.56. The quantitative estimate of drug-likeness (QED) is 0.856. The number of hydrogen-bond acceptors (Lipinski definition) is 3. The molecule has 122 valence electrons. The van der Waals surface area contributed by atoms with Crippen LogP contribution in [0.15, 0.2) is 22.7 Å². The van der Waals surface area contributed by atoms with Gasteiger partial charge in [-0.1, -0.05) is 15.9 Å². The van der Waals surface area contributed by atoms with E-state index in [0.29, 0.717) is 12.5 Å². The second-order valence-corrected chi connectivity index (χ2v) is 8.02. The molecule has 2 aromatic rings. The first-order valence-corrected chi connectivity index (χ1v) is 8.72. The number of aromatic nitrogens is 1. The van der Waals surface area contributed by atoms with Crippen molar-refractivity contribution in [2.75, 3.05) is 6.54 Å². The number of hydrogen-bond donors (Lipinski definition) is 2. The van der Waals surface area contributed by atoms with Crippen LogP contribution in [0.2, 0.25) is 0 Å². The Hall–Kier alpha value is -1.46. The molecule has 0 bridgehead atoms. The number of benzene rings is 1. The summed E-state index contributed by atoms with van der Waals surface area (Å²) in [5.41, 5.74) is 9.21. The first-order chi connectivity index (χ1) is 10.8. The number of carbonyl (C=O) groups excluding carboxylic acids is 1. The molecule has 1 fully saturated rings. The lowest BCUT2D eigenvalue weighted by Gasteiger charge is -2.20. The van der Waals surface area contributed by atoms with E-state index in [-0.39, 0.29) is 5.91 Å². The number of nitrogens with one attached hydrogen (secondary N) is 1. The summed E-state index contributed by atoms with van der Waals surface area (Å²) < 4.78 is 0.943. The van der Waals surface area contributed by atoms with E-state index < -0.39 is 5.54 Å². The molecule has 1 aromatic heterocycles. The number of fused-ring (bicyclic) bond motifs is 1. The zero-order valence-electron chi connectivity index (χ0n) is 13.7. The first-order valence-electron chi connectivity index (χ1n) is 7.93. The number of nitrogens with two attached hydrogens (primary N) is 1. The molecule has 3 rings (SSSR count). The van der Waals surface area contributed by atoms with Crippen LogP contribution in [0.4, 0.5) is 0 Å². The van der Waals surface area contributed by atoms with Crippen LogP contribution in [0.3, 0.4) is 0 Å². The Bertz CT molecular complexity index is 776. The van der Waals surface area contributed by atoms with Gasteiger partial charge in [-0.2, -0.15) is 0 Å². The van der Waals surface area contributed by atoms with Crippen LogP contribution in [0, 0.1) is 6.92 Å². The van der Waals surface area contributed by atoms with E-state index in [0.717, 1.165) is 45.0 Å². The molecule has 0 saturated heterocycles. The topological polar surface area (TPSA) is 68.0 Å². The molecule has 5 heteroatoms. The zero-order valence-corrected chi connectivity index (χ0v) is 15.3. The summed E-state index contributed by atoms with van der Waals surface area (Å²) in [5.74, 6) is 0.425. The number of halogens is 1. The van der Waals surface area contributed by atoms with Crippen molar-refractivity contribution in [3.63, 3.8) is 0 Å². The van der Waals surface area contributed by atoms with Crippen molar-refractivity contribution in [3.8, 4) is 0 Å². The van der Waals surface area contributed by atoms with Gasteiger partial charge in [0.05, 0.1) is 11.1 Å². The van der Waals surface area contributed by atoms with Crippen molar-refractivity contribution in [2.45, 2.75) is 45.1 Å². The Morgan fingerprint density at radius 2 is 2.13 bits per heavy atom. The molecule has 0 aliphatic heterocycles. The van der Waals surface area contributed by atoms with Gasteiger partial charge in [-0.05, 0) is 57.4 Å². The molecule has 4 nitrogen and oxygen atoms in total. The maximum Gasteiger partial charge on any atom is 0.252 e. The van der Waals surface area contributed by atoms with Crippen LogP contribution in [0.1, 0.15) is 54.2 Å². The Kier molecular flexibility index (Phi) is 4.19. The molecule has 0 spiro atoms. The van der Waals surface area contributed by atoms with Gasteiger partial charge in [0.15, 0.2) is 0 Å². The summed E-state index contributed by atoms with van der Waals surface area (Å²) in [5, 5.41) is 3.85. The van der Waals surface area contributed by atoms with Crippen molar-refractivity contribution in [1.82, 2.24) is 10.3 Å². The molecule has 1 aromatic carbocycles. The predicted octanol–water partition coefficient (Wildman–Crippen LogP) is 3.65. The highest BCUT2D eigenvalue weighted by atomic mass is 79.9. The van der Waals surface area contributed by atoms with Gasteiger partial charge in [-0.25, -0.2) is 0 Å². The Labute approximate surface area is 145 Å². The fourth-order valence-corrected chi connectivity index (χ4v) is 3.15. The molecular weight excluding hydrogens is 354 g/mol. The average molecular weight is 376 g/mol. The number of nitrogens with zero attached hydrogens (tertiary/aromatic N) is 1. The third-order valence-electron chi connectivity index (χ3n) is 4.12. The Morgan fingerprint density at radius 1 is 1.43 bits per heavy atom. The lowest BCUT2D eigenvalue weighted by atomic mass is 9.98. The first kappa shape index (κ1) is 16.4. The molecular formula is C18H22BrN3O. The summed E-state index contributed by atoms with van der Waals surface area (Å²) >= 11 is 3.49. The zero-order chi connectivity index (χ0) is 16.8. The van der Waals surface area contributed by atoms with E-state index in [1.807, 2.05) is 39.0 Å². The monoisotopic (exact) mass is 375 g/mol. The van der Waals surface area contributed by atoms with Gasteiger partial charge in [0, 0.05) is 33.6 Å². The van der Waals surface area contributed by atoms with E-state index in [1.54, 1.807) is 0 Å². The van der Waals surface area contributed by atoms with E-state index in [2.05, 4.69) is 21.2 Å². The van der Waals surface area contributed by atoms with Crippen LogP contribution in [-0.4, -0.2) is 23.0 Å². The molecule has 0 unspecified atom stereocenters. The minimum absolute atomic E-state index is 0.0755. The summed E-state index contributed by atoms with van der Waals surface area (Å²) in [7, 11) is 0. The largest absolute Gasteiger partial charge is 0.350 e. The smallest absolute Gasteiger partial charge is 0.252 e. The number of pyridine rings is 1. The predicted molar refractivity (Wildman–Crippen MR) is 96.8 cm³/mol. The second kappa shape index (κ2) is 5.87. The maximum atomic E-state index is 12.8. The van der Waals surface area contributed by atoms with Crippen molar-refractivity contribution >= 4 is 32.7 Å². The molecule has 3 N–H and O–H groups in total. The lowest BCUT2D eigenvalue weighted by Crippen LogP contribution is -2.45. The van der Waals surface area contributed by atoms with Crippen LogP contribution >= 0.6 is 15.9 Å². The fraction of sp³-hybridized carbons (Fsp3) is 0.444. The molecule has 23 heavy (non-hydrogen) atoms. The molecule has 1 heterocycles. The molecule has 0 atom stereocenters. The molecule has 1 aliphatic carbocycles. The van der Waals surface area contributed by atoms with Crippen LogP contribution < -0.4 is 11.1 Å². The van der Waals surface area contributed by atoms with Crippen molar-refractivity contribution in [3.05, 3.63) is 39.5 Å².